The fourth-order valence-electron chi connectivity index (χ4n) is 3.82. The highest BCUT2D eigenvalue weighted by molar-refractivity contribution is 7.79. The van der Waals surface area contributed by atoms with Crippen molar-refractivity contribution < 1.29 is 4.39 Å². The minimum atomic E-state index is -0.227. The fraction of sp³-hybridized carbons (Fsp3) is 0.345. The van der Waals surface area contributed by atoms with E-state index in [0.717, 1.165) is 47.7 Å². The molecule has 0 spiro atoms. The van der Waals surface area contributed by atoms with Crippen molar-refractivity contribution in [1.82, 2.24) is 10.6 Å². The van der Waals surface area contributed by atoms with E-state index in [-0.39, 0.29) is 5.83 Å². The molecule has 0 amide bonds. The van der Waals surface area contributed by atoms with Crippen molar-refractivity contribution in [2.45, 2.75) is 40.0 Å². The third-order valence-corrected chi connectivity index (χ3v) is 5.57. The van der Waals surface area contributed by atoms with Gasteiger partial charge in [0.2, 0.25) is 0 Å². The number of benzene rings is 1. The summed E-state index contributed by atoms with van der Waals surface area (Å²) in [6, 6.07) is 6.21. The lowest BCUT2D eigenvalue weighted by atomic mass is 9.99. The van der Waals surface area contributed by atoms with Crippen LogP contribution in [0, 0.1) is 0 Å². The summed E-state index contributed by atoms with van der Waals surface area (Å²) >= 11 is 4.06. The maximum atomic E-state index is 13.3. The van der Waals surface area contributed by atoms with Crippen LogP contribution in [0.15, 0.2) is 86.3 Å². The van der Waals surface area contributed by atoms with Crippen LogP contribution < -0.4 is 15.5 Å². The number of anilines is 1. The highest BCUT2D eigenvalue weighted by Crippen LogP contribution is 2.23. The van der Waals surface area contributed by atoms with Gasteiger partial charge < -0.3 is 15.5 Å². The topological polar surface area (TPSA) is 64.4 Å². The van der Waals surface area contributed by atoms with Crippen molar-refractivity contribution >= 4 is 43.0 Å². The lowest BCUT2D eigenvalue weighted by molar-refractivity contribution is 0.667. The van der Waals surface area contributed by atoms with Crippen LogP contribution in [0.25, 0.3) is 6.08 Å². The first-order valence-corrected chi connectivity index (χ1v) is 13.2. The van der Waals surface area contributed by atoms with Gasteiger partial charge in [-0.15, -0.1) is 0 Å². The van der Waals surface area contributed by atoms with Crippen LogP contribution in [0.4, 0.5) is 10.1 Å². The van der Waals surface area contributed by atoms with E-state index < -0.39 is 0 Å². The van der Waals surface area contributed by atoms with E-state index in [4.69, 9.17) is 4.99 Å². The van der Waals surface area contributed by atoms with Gasteiger partial charge in [0.1, 0.15) is 11.7 Å². The number of halogens is 1. The molecule has 37 heavy (non-hydrogen) atoms. The summed E-state index contributed by atoms with van der Waals surface area (Å²) < 4.78 is 17.3. The smallest absolute Gasteiger partial charge is 0.124 e. The van der Waals surface area contributed by atoms with Crippen LogP contribution in [0.2, 0.25) is 0 Å². The maximum absolute atomic E-state index is 13.3. The lowest BCUT2D eigenvalue weighted by Crippen LogP contribution is -2.34. The second-order valence-corrected chi connectivity index (χ2v) is 8.26. The third-order valence-electron chi connectivity index (χ3n) is 5.45. The average molecular weight is 523 g/mol. The molecule has 0 radical (unpaired) electrons. The van der Waals surface area contributed by atoms with Gasteiger partial charge in [0.25, 0.3) is 0 Å². The maximum Gasteiger partial charge on any atom is 0.124 e. The lowest BCUT2D eigenvalue weighted by Gasteiger charge is -2.19. The molecule has 0 fully saturated rings. The first-order chi connectivity index (χ1) is 18.1. The van der Waals surface area contributed by atoms with Crippen molar-refractivity contribution in [3.63, 3.8) is 0 Å². The van der Waals surface area contributed by atoms with Gasteiger partial charge in [0.15, 0.2) is 0 Å². The Morgan fingerprint density at radius 2 is 1.97 bits per heavy atom. The average Bonchev–Trinajstić information content (AvgIpc) is 3.13. The normalized spacial score (nSPS) is 16.8. The number of rotatable bonds is 9. The summed E-state index contributed by atoms with van der Waals surface area (Å²) in [7, 11) is 1.75. The van der Waals surface area contributed by atoms with E-state index in [0.29, 0.717) is 19.5 Å². The first-order valence-electron chi connectivity index (χ1n) is 12.8. The molecule has 1 aliphatic heterocycles. The van der Waals surface area contributed by atoms with Crippen LogP contribution in [-0.4, -0.2) is 45.1 Å². The molecule has 1 aromatic carbocycles. The Morgan fingerprint density at radius 3 is 2.73 bits per heavy atom. The number of hydrogen-bond acceptors (Lipinski definition) is 6. The third kappa shape index (κ3) is 9.88. The van der Waals surface area contributed by atoms with E-state index in [1.807, 2.05) is 44.0 Å². The Bertz CT molecular complexity index is 1100. The van der Waals surface area contributed by atoms with Crippen molar-refractivity contribution in [3.8, 4) is 0 Å². The zero-order valence-electron chi connectivity index (χ0n) is 22.3. The van der Waals surface area contributed by atoms with Crippen LogP contribution >= 0.6 is 12.8 Å². The van der Waals surface area contributed by atoms with E-state index in [9.17, 15) is 4.39 Å². The van der Waals surface area contributed by atoms with Crippen molar-refractivity contribution in [3.05, 3.63) is 83.0 Å². The largest absolute Gasteiger partial charge is 0.386 e. The highest BCUT2D eigenvalue weighted by Gasteiger charge is 2.13. The number of nitrogens with zero attached hydrogens (tertiary/aromatic N) is 4. The van der Waals surface area contributed by atoms with E-state index in [1.54, 1.807) is 25.7 Å². The quantitative estimate of drug-likeness (QED) is 0.152. The molecule has 0 saturated heterocycles. The fourth-order valence-corrected chi connectivity index (χ4v) is 3.94. The monoisotopic (exact) mass is 522 g/mol. The molecule has 2 N–H and O–H groups in total. The van der Waals surface area contributed by atoms with Gasteiger partial charge in [-0.2, -0.15) is 0 Å². The molecule has 0 atom stereocenters. The molecule has 0 saturated carbocycles. The minimum absolute atomic E-state index is 0.227. The van der Waals surface area contributed by atoms with Crippen LogP contribution in [-0.2, 0) is 0 Å². The molecule has 6 nitrogen and oxygen atoms in total. The predicted octanol–water partition coefficient (Wildman–Crippen LogP) is 6.43. The molecule has 1 aliphatic carbocycles. The van der Waals surface area contributed by atoms with Gasteiger partial charge >= 0.3 is 0 Å². The molecule has 0 unspecified atom stereocenters. The Balaban J connectivity index is 0.00000235. The molecule has 1 heterocycles. The van der Waals surface area contributed by atoms with Gasteiger partial charge in [-0.1, -0.05) is 32.1 Å². The number of aliphatic imine (C=N–C) groups is 2. The Labute approximate surface area is 226 Å². The second-order valence-electron chi connectivity index (χ2n) is 8.03. The zero-order valence-corrected chi connectivity index (χ0v) is 23.2. The van der Waals surface area contributed by atoms with Gasteiger partial charge in [0, 0.05) is 62.5 Å². The van der Waals surface area contributed by atoms with Crippen LogP contribution in [0.3, 0.4) is 0 Å². The van der Waals surface area contributed by atoms with Gasteiger partial charge in [-0.3, -0.25) is 9.98 Å². The molecule has 0 bridgehead atoms. The number of thiol groups is 1. The van der Waals surface area contributed by atoms with Gasteiger partial charge in [-0.25, -0.2) is 8.79 Å². The summed E-state index contributed by atoms with van der Waals surface area (Å²) in [5.41, 5.74) is 5.16. The zero-order chi connectivity index (χ0) is 26.9. The molecular weight excluding hydrogens is 483 g/mol. The number of allylic oxidation sites excluding steroid dienone is 6. The molecule has 3 rings (SSSR count). The summed E-state index contributed by atoms with van der Waals surface area (Å²) in [5.74, 6) is 0.694. The van der Waals surface area contributed by atoms with Crippen molar-refractivity contribution in [1.29, 1.82) is 0 Å². The number of amidine groups is 1. The SMILES string of the molecule is C/C=C/N(C=NC)c1ccc(/C=C2\CCCN=C2NCCNC2=CC=C(F)C=CC2)c(/C=N\S)c1.CC. The van der Waals surface area contributed by atoms with E-state index in [1.165, 1.54) is 17.7 Å². The Kier molecular flexibility index (Phi) is 13.8. The summed E-state index contributed by atoms with van der Waals surface area (Å²) in [6.45, 7) is 8.21. The summed E-state index contributed by atoms with van der Waals surface area (Å²) in [4.78, 5) is 10.8. The van der Waals surface area contributed by atoms with E-state index in [2.05, 4.69) is 57.1 Å². The molecule has 1 aromatic rings. The predicted molar refractivity (Wildman–Crippen MR) is 163 cm³/mol. The number of nitrogens with one attached hydrogen (secondary N) is 2. The Morgan fingerprint density at radius 1 is 1.16 bits per heavy atom. The van der Waals surface area contributed by atoms with Gasteiger partial charge in [0.05, 0.1) is 6.34 Å². The van der Waals surface area contributed by atoms with Crippen molar-refractivity contribution in [2.75, 3.05) is 31.6 Å². The van der Waals surface area contributed by atoms with Crippen molar-refractivity contribution in [2.24, 2.45) is 14.4 Å². The summed E-state index contributed by atoms with van der Waals surface area (Å²) in [6.07, 6.45) is 18.9. The Hall–Kier alpha value is -3.39. The number of hydrogen-bond donors (Lipinski definition) is 3. The summed E-state index contributed by atoms with van der Waals surface area (Å²) in [5, 5.41) is 6.84. The van der Waals surface area contributed by atoms with Crippen LogP contribution in [0.1, 0.15) is 51.2 Å². The first kappa shape index (κ1) is 29.8. The standard InChI is InChI=1S/C27H33FN6S.C2H6/c1-3-16-34(20-29-2)26-12-9-21(23(18-26)19-33-35)17-22-6-5-13-31-27(22)32-15-14-30-25-8-4-7-24(28)10-11-25;1-2/h3-4,7,9-12,16-20,30,35H,5-6,8,13-15H2,1-2H3,(H,31,32);1-2H3/b16-3+,22-17+,29-20?,33-19-;. The molecule has 0 aromatic heterocycles. The molecule has 198 valence electrons. The minimum Gasteiger partial charge on any atom is -0.386 e. The molecule has 2 aliphatic rings. The molecule has 8 heteroatoms. The highest BCUT2D eigenvalue weighted by atomic mass is 32.1. The van der Waals surface area contributed by atoms with Gasteiger partial charge in [-0.05, 0) is 80.2 Å². The second kappa shape index (κ2) is 17.1. The van der Waals surface area contributed by atoms with Crippen LogP contribution in [0.5, 0.6) is 0 Å². The van der Waals surface area contributed by atoms with E-state index >= 15 is 0 Å². The molecular formula is C29H39FN6S.